The summed E-state index contributed by atoms with van der Waals surface area (Å²) in [7, 11) is 0. The Morgan fingerprint density at radius 3 is 2.33 bits per heavy atom. The molecule has 0 nitrogen and oxygen atoms in total. The maximum absolute atomic E-state index is 3.66. The molecule has 0 aliphatic rings. The molecule has 0 saturated carbocycles. The molecule has 0 aromatic rings. The summed E-state index contributed by atoms with van der Waals surface area (Å²) in [4.78, 5) is 0. The predicted molar refractivity (Wildman–Crippen MR) is 57.2 cm³/mol. The zero-order valence-electron chi connectivity index (χ0n) is 8.72. The zero-order chi connectivity index (χ0) is 9.61. The van der Waals surface area contributed by atoms with E-state index < -0.39 is 0 Å². The first-order chi connectivity index (χ1) is 5.58. The molecule has 0 bridgehead atoms. The average molecular weight is 164 g/mol. The second kappa shape index (κ2) is 4.97. The van der Waals surface area contributed by atoms with Crippen LogP contribution in [-0.2, 0) is 0 Å². The lowest BCUT2D eigenvalue weighted by Crippen LogP contribution is -2.11. The third kappa shape index (κ3) is 3.08. The fourth-order valence-corrected chi connectivity index (χ4v) is 1.09. The summed E-state index contributed by atoms with van der Waals surface area (Å²) >= 11 is 0. The highest BCUT2D eigenvalue weighted by Gasteiger charge is 2.17. The zero-order valence-corrected chi connectivity index (χ0v) is 8.72. The molecule has 0 aromatic carbocycles. The standard InChI is InChI=1S/C12H20/c1-6-9-10-11(7-2)12(4,5)8-3/h6-7,9-10H,1,8H2,2-5H3/b10-9-,11-7+. The smallest absolute Gasteiger partial charge is 0.0109 e. The minimum atomic E-state index is 0.286. The van der Waals surface area contributed by atoms with E-state index in [1.165, 1.54) is 5.57 Å². The van der Waals surface area contributed by atoms with Gasteiger partial charge in [0.25, 0.3) is 0 Å². The SMILES string of the molecule is C=C/C=C\C(=C/C)C(C)(C)CC. The summed E-state index contributed by atoms with van der Waals surface area (Å²) in [5.41, 5.74) is 1.67. The van der Waals surface area contributed by atoms with Crippen LogP contribution in [0.4, 0.5) is 0 Å². The van der Waals surface area contributed by atoms with Gasteiger partial charge in [-0.1, -0.05) is 51.7 Å². The first-order valence-corrected chi connectivity index (χ1v) is 4.54. The monoisotopic (exact) mass is 164 g/mol. The van der Waals surface area contributed by atoms with Gasteiger partial charge in [0.2, 0.25) is 0 Å². The van der Waals surface area contributed by atoms with Crippen LogP contribution in [0.5, 0.6) is 0 Å². The van der Waals surface area contributed by atoms with Crippen LogP contribution in [0.25, 0.3) is 0 Å². The van der Waals surface area contributed by atoms with Crippen molar-refractivity contribution >= 4 is 0 Å². The van der Waals surface area contributed by atoms with Crippen molar-refractivity contribution in [1.82, 2.24) is 0 Å². The molecule has 0 atom stereocenters. The highest BCUT2D eigenvalue weighted by molar-refractivity contribution is 5.26. The minimum absolute atomic E-state index is 0.286. The molecule has 0 heteroatoms. The molecule has 12 heavy (non-hydrogen) atoms. The Kier molecular flexibility index (Phi) is 4.65. The van der Waals surface area contributed by atoms with E-state index in [0.717, 1.165) is 6.42 Å². The Bertz CT molecular complexity index is 192. The van der Waals surface area contributed by atoms with Crippen LogP contribution in [0.1, 0.15) is 34.1 Å². The summed E-state index contributed by atoms with van der Waals surface area (Å²) in [5, 5.41) is 0. The molecule has 0 saturated heterocycles. The summed E-state index contributed by atoms with van der Waals surface area (Å²) in [6.45, 7) is 12.5. The molecule has 0 aromatic heterocycles. The lowest BCUT2D eigenvalue weighted by atomic mass is 9.81. The Labute approximate surface area is 76.7 Å². The molecule has 0 rings (SSSR count). The first kappa shape index (κ1) is 11.2. The van der Waals surface area contributed by atoms with Crippen molar-refractivity contribution in [2.24, 2.45) is 5.41 Å². The molecule has 0 amide bonds. The van der Waals surface area contributed by atoms with E-state index in [2.05, 4.69) is 46.4 Å². The second-order valence-corrected chi connectivity index (χ2v) is 3.58. The fraction of sp³-hybridized carbons (Fsp3) is 0.500. The molecule has 0 aliphatic heterocycles. The molecule has 0 fully saturated rings. The van der Waals surface area contributed by atoms with Gasteiger partial charge in [0, 0.05) is 0 Å². The van der Waals surface area contributed by atoms with Crippen LogP contribution in [-0.4, -0.2) is 0 Å². The maximum Gasteiger partial charge on any atom is -0.0109 e. The third-order valence-electron chi connectivity index (χ3n) is 2.39. The van der Waals surface area contributed by atoms with Gasteiger partial charge in [-0.05, 0) is 24.3 Å². The lowest BCUT2D eigenvalue weighted by molar-refractivity contribution is 0.439. The van der Waals surface area contributed by atoms with Crippen molar-refractivity contribution in [2.75, 3.05) is 0 Å². The molecule has 0 aliphatic carbocycles. The van der Waals surface area contributed by atoms with Crippen molar-refractivity contribution in [2.45, 2.75) is 34.1 Å². The molecule has 0 unspecified atom stereocenters. The highest BCUT2D eigenvalue weighted by Crippen LogP contribution is 2.30. The van der Waals surface area contributed by atoms with Crippen molar-refractivity contribution in [1.29, 1.82) is 0 Å². The number of rotatable bonds is 4. The van der Waals surface area contributed by atoms with Gasteiger partial charge in [-0.3, -0.25) is 0 Å². The third-order valence-corrected chi connectivity index (χ3v) is 2.39. The Hall–Kier alpha value is -0.780. The molecule has 0 spiro atoms. The quantitative estimate of drug-likeness (QED) is 0.548. The predicted octanol–water partition coefficient (Wildman–Crippen LogP) is 4.11. The average Bonchev–Trinajstić information content (AvgIpc) is 2.05. The van der Waals surface area contributed by atoms with E-state index in [1.54, 1.807) is 0 Å². The van der Waals surface area contributed by atoms with Crippen LogP contribution in [0.2, 0.25) is 0 Å². The topological polar surface area (TPSA) is 0 Å². The van der Waals surface area contributed by atoms with E-state index in [0.29, 0.717) is 0 Å². The molecular weight excluding hydrogens is 144 g/mol. The fourth-order valence-electron chi connectivity index (χ4n) is 1.09. The van der Waals surface area contributed by atoms with Gasteiger partial charge >= 0.3 is 0 Å². The van der Waals surface area contributed by atoms with E-state index in [9.17, 15) is 0 Å². The molecule has 0 heterocycles. The second-order valence-electron chi connectivity index (χ2n) is 3.58. The van der Waals surface area contributed by atoms with Crippen LogP contribution in [0.3, 0.4) is 0 Å². The largest absolute Gasteiger partial charge is 0.0991 e. The molecule has 0 N–H and O–H groups in total. The number of allylic oxidation sites excluding steroid dienone is 5. The van der Waals surface area contributed by atoms with E-state index in [-0.39, 0.29) is 5.41 Å². The van der Waals surface area contributed by atoms with Gasteiger partial charge in [-0.25, -0.2) is 0 Å². The molecule has 0 radical (unpaired) electrons. The van der Waals surface area contributed by atoms with E-state index in [1.807, 2.05) is 12.2 Å². The van der Waals surface area contributed by atoms with Gasteiger partial charge in [-0.15, -0.1) is 0 Å². The van der Waals surface area contributed by atoms with Gasteiger partial charge in [0.1, 0.15) is 0 Å². The van der Waals surface area contributed by atoms with Gasteiger partial charge in [-0.2, -0.15) is 0 Å². The summed E-state index contributed by atoms with van der Waals surface area (Å²) < 4.78 is 0. The van der Waals surface area contributed by atoms with E-state index in [4.69, 9.17) is 0 Å². The van der Waals surface area contributed by atoms with Crippen LogP contribution in [0, 0.1) is 5.41 Å². The van der Waals surface area contributed by atoms with Gasteiger partial charge in [0.15, 0.2) is 0 Å². The summed E-state index contributed by atoms with van der Waals surface area (Å²) in [6.07, 6.45) is 9.27. The van der Waals surface area contributed by atoms with Crippen LogP contribution in [0.15, 0.2) is 36.5 Å². The van der Waals surface area contributed by atoms with E-state index >= 15 is 0 Å². The van der Waals surface area contributed by atoms with Crippen LogP contribution < -0.4 is 0 Å². The first-order valence-electron chi connectivity index (χ1n) is 4.54. The maximum atomic E-state index is 3.66. The molecule has 68 valence electrons. The number of hydrogen-bond donors (Lipinski definition) is 0. The summed E-state index contributed by atoms with van der Waals surface area (Å²) in [6, 6.07) is 0. The molecular formula is C12H20. The van der Waals surface area contributed by atoms with Gasteiger partial charge in [0.05, 0.1) is 0 Å². The Morgan fingerprint density at radius 2 is 2.00 bits per heavy atom. The van der Waals surface area contributed by atoms with Crippen molar-refractivity contribution in [3.05, 3.63) is 36.5 Å². The minimum Gasteiger partial charge on any atom is -0.0991 e. The van der Waals surface area contributed by atoms with Crippen molar-refractivity contribution in [3.63, 3.8) is 0 Å². The Balaban J connectivity index is 4.57. The van der Waals surface area contributed by atoms with Gasteiger partial charge < -0.3 is 0 Å². The van der Waals surface area contributed by atoms with Crippen molar-refractivity contribution < 1.29 is 0 Å². The van der Waals surface area contributed by atoms with Crippen molar-refractivity contribution in [3.8, 4) is 0 Å². The summed E-state index contributed by atoms with van der Waals surface area (Å²) in [5.74, 6) is 0. The lowest BCUT2D eigenvalue weighted by Gasteiger charge is -2.24. The van der Waals surface area contributed by atoms with Crippen LogP contribution >= 0.6 is 0 Å². The normalized spacial score (nSPS) is 13.8. The number of hydrogen-bond acceptors (Lipinski definition) is 0. The highest BCUT2D eigenvalue weighted by atomic mass is 14.2. The Morgan fingerprint density at radius 1 is 1.42 bits per heavy atom.